The summed E-state index contributed by atoms with van der Waals surface area (Å²) in [6.45, 7) is 0.547. The van der Waals surface area contributed by atoms with E-state index in [-0.39, 0.29) is 17.4 Å². The van der Waals surface area contributed by atoms with Crippen LogP contribution in [0.4, 0.5) is 5.69 Å². The fourth-order valence-electron chi connectivity index (χ4n) is 2.20. The second-order valence-corrected chi connectivity index (χ2v) is 9.37. The average Bonchev–Trinajstić information content (AvgIpc) is 3.25. The number of carbonyl (C=O) groups is 2. The number of thiophene rings is 1. The highest BCUT2D eigenvalue weighted by Gasteiger charge is 2.31. The summed E-state index contributed by atoms with van der Waals surface area (Å²) >= 11 is 1.13. The summed E-state index contributed by atoms with van der Waals surface area (Å²) in [6, 6.07) is 9.38. The largest absolute Gasteiger partial charge is 0.484 e. The smallest absolute Gasteiger partial charge is 0.339 e. The van der Waals surface area contributed by atoms with Crippen molar-refractivity contribution in [2.75, 3.05) is 31.6 Å². The molecule has 0 bridgehead atoms. The summed E-state index contributed by atoms with van der Waals surface area (Å²) < 4.78 is 36.2. The first-order valence-electron chi connectivity index (χ1n) is 8.41. The van der Waals surface area contributed by atoms with Crippen molar-refractivity contribution in [2.45, 2.75) is 16.7 Å². The standard InChI is InChI=1S/C18H22N2O7S2/c1-18(23,17(22)26-3)12-19-15(21)11-27-14-8-6-13(7-9-14)20(2)29(24,25)16-5-4-10-28-16/h4-10,23H,11-12H2,1-3H3,(H,19,21)/t18-/m1/s1. The van der Waals surface area contributed by atoms with Gasteiger partial charge >= 0.3 is 5.97 Å². The first-order valence-corrected chi connectivity index (χ1v) is 10.7. The van der Waals surface area contributed by atoms with Crippen LogP contribution in [0.25, 0.3) is 0 Å². The molecule has 0 fully saturated rings. The van der Waals surface area contributed by atoms with Crippen LogP contribution < -0.4 is 14.4 Å². The number of sulfonamides is 1. The van der Waals surface area contributed by atoms with Crippen LogP contribution in [0, 0.1) is 0 Å². The highest BCUT2D eigenvalue weighted by atomic mass is 32.2. The molecule has 1 amide bonds. The number of benzene rings is 1. The summed E-state index contributed by atoms with van der Waals surface area (Å²) in [5.41, 5.74) is -1.41. The van der Waals surface area contributed by atoms with Crippen molar-refractivity contribution in [3.8, 4) is 5.75 Å². The van der Waals surface area contributed by atoms with Crippen LogP contribution in [0.5, 0.6) is 5.75 Å². The Morgan fingerprint density at radius 3 is 2.45 bits per heavy atom. The predicted molar refractivity (Wildman–Crippen MR) is 107 cm³/mol. The van der Waals surface area contributed by atoms with Crippen molar-refractivity contribution in [3.05, 3.63) is 41.8 Å². The Kier molecular flexibility index (Phi) is 7.22. The summed E-state index contributed by atoms with van der Waals surface area (Å²) in [4.78, 5) is 23.2. The van der Waals surface area contributed by atoms with Gasteiger partial charge in [0.15, 0.2) is 12.2 Å². The maximum absolute atomic E-state index is 12.5. The van der Waals surface area contributed by atoms with Crippen LogP contribution in [-0.4, -0.2) is 58.3 Å². The Morgan fingerprint density at radius 1 is 1.24 bits per heavy atom. The van der Waals surface area contributed by atoms with Gasteiger partial charge in [-0.05, 0) is 42.6 Å². The third-order valence-electron chi connectivity index (χ3n) is 3.94. The lowest BCUT2D eigenvalue weighted by Crippen LogP contribution is -2.48. The molecule has 11 heteroatoms. The number of nitrogens with zero attached hydrogens (tertiary/aromatic N) is 1. The first-order chi connectivity index (χ1) is 13.6. The fraction of sp³-hybridized carbons (Fsp3) is 0.333. The molecule has 1 heterocycles. The molecule has 0 saturated carbocycles. The van der Waals surface area contributed by atoms with Crippen LogP contribution in [0.3, 0.4) is 0 Å². The van der Waals surface area contributed by atoms with Gasteiger partial charge in [0.05, 0.1) is 19.3 Å². The number of hydrogen-bond acceptors (Lipinski definition) is 8. The van der Waals surface area contributed by atoms with Crippen molar-refractivity contribution in [2.24, 2.45) is 0 Å². The molecule has 0 aliphatic rings. The first kappa shape index (κ1) is 22.7. The van der Waals surface area contributed by atoms with Crippen LogP contribution in [0.1, 0.15) is 6.92 Å². The van der Waals surface area contributed by atoms with Crippen LogP contribution >= 0.6 is 11.3 Å². The molecule has 0 saturated heterocycles. The second-order valence-electron chi connectivity index (χ2n) is 6.23. The predicted octanol–water partition coefficient (Wildman–Crippen LogP) is 0.992. The number of rotatable bonds is 9. The highest BCUT2D eigenvalue weighted by Crippen LogP contribution is 2.26. The number of hydrogen-bond donors (Lipinski definition) is 2. The molecule has 0 spiro atoms. The Hall–Kier alpha value is -2.63. The summed E-state index contributed by atoms with van der Waals surface area (Å²) in [7, 11) is -1.05. The third-order valence-corrected chi connectivity index (χ3v) is 7.09. The lowest BCUT2D eigenvalue weighted by Gasteiger charge is -2.20. The van der Waals surface area contributed by atoms with E-state index in [1.807, 2.05) is 0 Å². The monoisotopic (exact) mass is 442 g/mol. The molecule has 1 aromatic carbocycles. The van der Waals surface area contributed by atoms with Crippen LogP contribution in [0.15, 0.2) is 46.0 Å². The number of amides is 1. The van der Waals surface area contributed by atoms with Gasteiger partial charge in [-0.3, -0.25) is 9.10 Å². The molecule has 2 N–H and O–H groups in total. The lowest BCUT2D eigenvalue weighted by molar-refractivity contribution is -0.160. The molecule has 2 aromatic rings. The molecule has 0 aliphatic carbocycles. The zero-order valence-corrected chi connectivity index (χ0v) is 17.7. The van der Waals surface area contributed by atoms with Gasteiger partial charge in [0.25, 0.3) is 15.9 Å². The van der Waals surface area contributed by atoms with E-state index in [0.717, 1.165) is 22.8 Å². The Labute approximate surface area is 172 Å². The van der Waals surface area contributed by atoms with E-state index in [1.54, 1.807) is 23.6 Å². The number of aliphatic hydroxyl groups is 1. The third kappa shape index (κ3) is 5.68. The molecule has 0 aliphatic heterocycles. The Bertz CT molecular complexity index is 939. The minimum atomic E-state index is -3.63. The minimum Gasteiger partial charge on any atom is -0.484 e. The SMILES string of the molecule is COC(=O)[C@](C)(O)CNC(=O)COc1ccc(N(C)S(=O)(=O)c2cccs2)cc1. The van der Waals surface area contributed by atoms with Gasteiger partial charge in [0.2, 0.25) is 0 Å². The molecule has 0 unspecified atom stereocenters. The summed E-state index contributed by atoms with van der Waals surface area (Å²) in [6.07, 6.45) is 0. The lowest BCUT2D eigenvalue weighted by atomic mass is 10.1. The van der Waals surface area contributed by atoms with E-state index in [2.05, 4.69) is 10.1 Å². The maximum Gasteiger partial charge on any atom is 0.339 e. The van der Waals surface area contributed by atoms with Gasteiger partial charge in [-0.25, -0.2) is 13.2 Å². The zero-order chi connectivity index (χ0) is 21.7. The zero-order valence-electron chi connectivity index (χ0n) is 16.1. The number of anilines is 1. The molecular formula is C18H22N2O7S2. The molecule has 0 radical (unpaired) electrons. The normalized spacial score (nSPS) is 13.2. The van der Waals surface area contributed by atoms with Crippen molar-refractivity contribution >= 4 is 38.9 Å². The van der Waals surface area contributed by atoms with Gasteiger partial charge < -0.3 is 19.9 Å². The van der Waals surface area contributed by atoms with Crippen molar-refractivity contribution in [3.63, 3.8) is 0 Å². The highest BCUT2D eigenvalue weighted by molar-refractivity contribution is 7.94. The molecule has 1 atom stereocenters. The average molecular weight is 443 g/mol. The van der Waals surface area contributed by atoms with Crippen LogP contribution in [0.2, 0.25) is 0 Å². The van der Waals surface area contributed by atoms with Gasteiger partial charge in [-0.15, -0.1) is 11.3 Å². The number of esters is 1. The fourth-order valence-corrected chi connectivity index (χ4v) is 4.56. The van der Waals surface area contributed by atoms with Crippen LogP contribution in [-0.2, 0) is 24.3 Å². The summed E-state index contributed by atoms with van der Waals surface area (Å²) in [5, 5.41) is 13.9. The summed E-state index contributed by atoms with van der Waals surface area (Å²) in [5.74, 6) is -1.06. The second kappa shape index (κ2) is 9.25. The van der Waals surface area contributed by atoms with E-state index in [0.29, 0.717) is 11.4 Å². The van der Waals surface area contributed by atoms with E-state index in [1.165, 1.54) is 32.2 Å². The number of carbonyl (C=O) groups excluding carboxylic acids is 2. The van der Waals surface area contributed by atoms with Gasteiger partial charge in [0.1, 0.15) is 9.96 Å². The van der Waals surface area contributed by atoms with Gasteiger partial charge in [-0.2, -0.15) is 0 Å². The number of nitrogens with one attached hydrogen (secondary N) is 1. The number of ether oxygens (including phenoxy) is 2. The van der Waals surface area contributed by atoms with E-state index >= 15 is 0 Å². The molecule has 1 aromatic heterocycles. The molecule has 2 rings (SSSR count). The van der Waals surface area contributed by atoms with Crippen molar-refractivity contribution in [1.29, 1.82) is 0 Å². The molecule has 158 valence electrons. The molecular weight excluding hydrogens is 420 g/mol. The minimum absolute atomic E-state index is 0.236. The van der Waals surface area contributed by atoms with Crippen molar-refractivity contribution in [1.82, 2.24) is 5.32 Å². The van der Waals surface area contributed by atoms with E-state index < -0.39 is 27.5 Å². The van der Waals surface area contributed by atoms with Crippen molar-refractivity contribution < 1.29 is 32.6 Å². The Balaban J connectivity index is 1.91. The van der Waals surface area contributed by atoms with Gasteiger partial charge in [0, 0.05) is 7.05 Å². The molecule has 9 nitrogen and oxygen atoms in total. The molecule has 29 heavy (non-hydrogen) atoms. The quantitative estimate of drug-likeness (QED) is 0.555. The topological polar surface area (TPSA) is 122 Å². The van der Waals surface area contributed by atoms with Gasteiger partial charge in [-0.1, -0.05) is 6.07 Å². The maximum atomic E-state index is 12.5. The van der Waals surface area contributed by atoms with E-state index in [9.17, 15) is 23.1 Å². The van der Waals surface area contributed by atoms with E-state index in [4.69, 9.17) is 4.74 Å². The Morgan fingerprint density at radius 2 is 1.90 bits per heavy atom. The number of methoxy groups -OCH3 is 1.